The fourth-order valence-corrected chi connectivity index (χ4v) is 2.30. The van der Waals surface area contributed by atoms with Crippen LogP contribution in [0.25, 0.3) is 0 Å². The summed E-state index contributed by atoms with van der Waals surface area (Å²) in [4.78, 5) is 12.3. The van der Waals surface area contributed by atoms with Gasteiger partial charge in [-0.15, -0.1) is 0 Å². The maximum atomic E-state index is 12.3. The third kappa shape index (κ3) is 3.40. The topological polar surface area (TPSA) is 49.3 Å². The van der Waals surface area contributed by atoms with Gasteiger partial charge in [-0.25, -0.2) is 0 Å². The minimum absolute atomic E-state index is 0.0612. The van der Waals surface area contributed by atoms with E-state index in [1.807, 2.05) is 19.1 Å². The van der Waals surface area contributed by atoms with Gasteiger partial charge < -0.3 is 10.4 Å². The second kappa shape index (κ2) is 5.68. The molecule has 3 heteroatoms. The number of aryl methyl sites for hydroxylation is 1. The Morgan fingerprint density at radius 1 is 1.45 bits per heavy atom. The number of aliphatic hydroxyl groups excluding tert-OH is 1. The van der Waals surface area contributed by atoms with Crippen molar-refractivity contribution in [3.63, 3.8) is 0 Å². The van der Waals surface area contributed by atoms with Crippen molar-refractivity contribution < 1.29 is 9.90 Å². The fraction of sp³-hybridized carbons (Fsp3) is 0.471. The van der Waals surface area contributed by atoms with E-state index >= 15 is 0 Å². The van der Waals surface area contributed by atoms with Gasteiger partial charge in [0.25, 0.3) is 5.91 Å². The van der Waals surface area contributed by atoms with Crippen LogP contribution in [0.5, 0.6) is 0 Å². The summed E-state index contributed by atoms with van der Waals surface area (Å²) in [6.07, 6.45) is 2.38. The van der Waals surface area contributed by atoms with Gasteiger partial charge in [0, 0.05) is 16.7 Å². The van der Waals surface area contributed by atoms with Gasteiger partial charge in [-0.1, -0.05) is 17.9 Å². The highest BCUT2D eigenvalue weighted by atomic mass is 16.2. The number of rotatable bonds is 3. The minimum atomic E-state index is -0.176. The molecule has 1 aromatic carbocycles. The zero-order valence-corrected chi connectivity index (χ0v) is 12.3. The number of nitrogens with one attached hydrogen (secondary N) is 1. The van der Waals surface area contributed by atoms with Crippen molar-refractivity contribution in [3.05, 3.63) is 34.9 Å². The van der Waals surface area contributed by atoms with Gasteiger partial charge in [0.15, 0.2) is 0 Å². The van der Waals surface area contributed by atoms with Crippen LogP contribution in [0.1, 0.15) is 48.2 Å². The Kier molecular flexibility index (Phi) is 4.15. The number of aliphatic hydroxyl groups is 1. The molecule has 0 aromatic heterocycles. The van der Waals surface area contributed by atoms with E-state index < -0.39 is 0 Å². The molecule has 0 spiro atoms. The first-order valence-corrected chi connectivity index (χ1v) is 6.97. The smallest absolute Gasteiger partial charge is 0.251 e. The summed E-state index contributed by atoms with van der Waals surface area (Å²) >= 11 is 0. The molecular weight excluding hydrogens is 250 g/mol. The van der Waals surface area contributed by atoms with E-state index in [0.717, 1.165) is 11.1 Å². The third-order valence-electron chi connectivity index (χ3n) is 3.84. The summed E-state index contributed by atoms with van der Waals surface area (Å²) in [7, 11) is 0. The summed E-state index contributed by atoms with van der Waals surface area (Å²) in [6.45, 7) is 5.91. The molecule has 0 saturated heterocycles. The van der Waals surface area contributed by atoms with E-state index in [4.69, 9.17) is 5.11 Å². The second-order valence-corrected chi connectivity index (χ2v) is 5.94. The van der Waals surface area contributed by atoms with Crippen LogP contribution in [0, 0.1) is 24.7 Å². The maximum absolute atomic E-state index is 12.3. The average Bonchev–Trinajstić information content (AvgIpc) is 3.21. The molecule has 3 nitrogen and oxygen atoms in total. The van der Waals surface area contributed by atoms with E-state index in [9.17, 15) is 4.79 Å². The number of carbonyl (C=O) groups is 1. The molecule has 1 amide bonds. The van der Waals surface area contributed by atoms with E-state index in [2.05, 4.69) is 31.0 Å². The van der Waals surface area contributed by atoms with Crippen LogP contribution < -0.4 is 5.32 Å². The summed E-state index contributed by atoms with van der Waals surface area (Å²) in [6, 6.07) is 5.49. The average molecular weight is 271 g/mol. The van der Waals surface area contributed by atoms with Crippen molar-refractivity contribution in [2.24, 2.45) is 5.92 Å². The largest absolute Gasteiger partial charge is 0.384 e. The van der Waals surface area contributed by atoms with Crippen molar-refractivity contribution >= 4 is 5.91 Å². The number of carbonyl (C=O) groups excluding carboxylic acids is 1. The van der Waals surface area contributed by atoms with Crippen molar-refractivity contribution in [1.82, 2.24) is 5.32 Å². The van der Waals surface area contributed by atoms with Crippen LogP contribution in [0.4, 0.5) is 0 Å². The van der Waals surface area contributed by atoms with E-state index in [1.54, 1.807) is 6.07 Å². The first-order valence-electron chi connectivity index (χ1n) is 6.97. The molecule has 2 N–H and O–H groups in total. The number of hydrogen-bond acceptors (Lipinski definition) is 2. The molecule has 0 unspecified atom stereocenters. The van der Waals surface area contributed by atoms with E-state index in [0.29, 0.717) is 11.5 Å². The Morgan fingerprint density at radius 2 is 2.15 bits per heavy atom. The fourth-order valence-electron chi connectivity index (χ4n) is 2.30. The molecule has 0 aliphatic heterocycles. The molecule has 0 heterocycles. The molecule has 0 atom stereocenters. The number of hydrogen-bond donors (Lipinski definition) is 2. The SMILES string of the molecule is Cc1ccc(C(=O)NC(C)(C)C2CC2)cc1C#CCO. The standard InChI is InChI=1S/C17H21NO2/c1-12-6-7-14(11-13(12)5-4-10-19)16(20)18-17(2,3)15-8-9-15/h6-7,11,15,19H,8-10H2,1-3H3,(H,18,20). The van der Waals surface area contributed by atoms with Crippen molar-refractivity contribution in [2.75, 3.05) is 6.61 Å². The zero-order chi connectivity index (χ0) is 14.8. The van der Waals surface area contributed by atoms with Gasteiger partial charge in [-0.2, -0.15) is 0 Å². The van der Waals surface area contributed by atoms with Crippen LogP contribution in [-0.2, 0) is 0 Å². The first kappa shape index (κ1) is 14.6. The minimum Gasteiger partial charge on any atom is -0.384 e. The quantitative estimate of drug-likeness (QED) is 0.828. The molecule has 1 aliphatic rings. The number of benzene rings is 1. The number of amides is 1. The van der Waals surface area contributed by atoms with Crippen molar-refractivity contribution in [1.29, 1.82) is 0 Å². The Bertz CT molecular complexity index is 574. The van der Waals surface area contributed by atoms with Gasteiger partial charge in [0.1, 0.15) is 6.61 Å². The van der Waals surface area contributed by atoms with Gasteiger partial charge >= 0.3 is 0 Å². The molecule has 1 aromatic rings. The summed E-state index contributed by atoms with van der Waals surface area (Å²) in [5, 5.41) is 11.9. The maximum Gasteiger partial charge on any atom is 0.251 e. The molecule has 0 radical (unpaired) electrons. The van der Waals surface area contributed by atoms with Crippen LogP contribution in [0.15, 0.2) is 18.2 Å². The van der Waals surface area contributed by atoms with Crippen LogP contribution in [0.3, 0.4) is 0 Å². The van der Waals surface area contributed by atoms with Crippen LogP contribution in [-0.4, -0.2) is 23.2 Å². The molecule has 20 heavy (non-hydrogen) atoms. The normalized spacial score (nSPS) is 14.4. The van der Waals surface area contributed by atoms with Gasteiger partial charge in [-0.3, -0.25) is 4.79 Å². The lowest BCUT2D eigenvalue weighted by molar-refractivity contribution is 0.0903. The highest BCUT2D eigenvalue weighted by Crippen LogP contribution is 2.39. The lowest BCUT2D eigenvalue weighted by Crippen LogP contribution is -2.45. The summed E-state index contributed by atoms with van der Waals surface area (Å²) < 4.78 is 0. The predicted molar refractivity (Wildman–Crippen MR) is 79.4 cm³/mol. The highest BCUT2D eigenvalue weighted by molar-refractivity contribution is 5.95. The third-order valence-corrected chi connectivity index (χ3v) is 3.84. The Morgan fingerprint density at radius 3 is 2.75 bits per heavy atom. The molecule has 1 fully saturated rings. The molecule has 0 bridgehead atoms. The van der Waals surface area contributed by atoms with Gasteiger partial charge in [-0.05, 0) is 57.2 Å². The lowest BCUT2D eigenvalue weighted by Gasteiger charge is -2.26. The van der Waals surface area contributed by atoms with Crippen LogP contribution in [0.2, 0.25) is 0 Å². The Hall–Kier alpha value is -1.79. The van der Waals surface area contributed by atoms with E-state index in [-0.39, 0.29) is 18.1 Å². The first-order chi connectivity index (χ1) is 9.44. The molecule has 1 aliphatic carbocycles. The monoisotopic (exact) mass is 271 g/mol. The van der Waals surface area contributed by atoms with Crippen molar-refractivity contribution in [3.8, 4) is 11.8 Å². The highest BCUT2D eigenvalue weighted by Gasteiger charge is 2.38. The Balaban J connectivity index is 2.17. The summed E-state index contributed by atoms with van der Waals surface area (Å²) in [5.74, 6) is 6.02. The second-order valence-electron chi connectivity index (χ2n) is 5.94. The molecule has 106 valence electrons. The Labute approximate surface area is 120 Å². The lowest BCUT2D eigenvalue weighted by atomic mass is 9.97. The van der Waals surface area contributed by atoms with Crippen LogP contribution >= 0.6 is 0 Å². The molecular formula is C17H21NO2. The van der Waals surface area contributed by atoms with Crippen molar-refractivity contribution in [2.45, 2.75) is 39.2 Å². The predicted octanol–water partition coefficient (Wildman–Crippen LogP) is 2.26. The zero-order valence-electron chi connectivity index (χ0n) is 12.3. The summed E-state index contributed by atoms with van der Waals surface area (Å²) in [5.41, 5.74) is 2.25. The van der Waals surface area contributed by atoms with E-state index in [1.165, 1.54) is 12.8 Å². The van der Waals surface area contributed by atoms with Gasteiger partial charge in [0.2, 0.25) is 0 Å². The molecule has 1 saturated carbocycles. The molecule has 2 rings (SSSR count). The van der Waals surface area contributed by atoms with Gasteiger partial charge in [0.05, 0.1) is 0 Å².